The smallest absolute Gasteiger partial charge is 0.287 e. The molecule has 1 atom stereocenters. The van der Waals surface area contributed by atoms with Gasteiger partial charge in [0.25, 0.3) is 5.92 Å². The van der Waals surface area contributed by atoms with E-state index in [1.165, 1.54) is 0 Å². The lowest BCUT2D eigenvalue weighted by molar-refractivity contribution is -0.347. The molecular formula is C25H21F4N5O2. The zero-order chi connectivity index (χ0) is 25.4. The lowest BCUT2D eigenvalue weighted by Gasteiger charge is -2.74. The third-order valence-corrected chi connectivity index (χ3v) is 8.06. The van der Waals surface area contributed by atoms with Gasteiger partial charge in [0.05, 0.1) is 6.54 Å². The molecule has 36 heavy (non-hydrogen) atoms. The van der Waals surface area contributed by atoms with Crippen LogP contribution in [0.2, 0.25) is 0 Å². The molecule has 3 aromatic rings. The number of hydrogen-bond acceptors (Lipinski definition) is 6. The normalized spacial score (nSPS) is 27.2. The van der Waals surface area contributed by atoms with Crippen molar-refractivity contribution in [3.8, 4) is 11.8 Å². The topological polar surface area (TPSA) is 96.8 Å². The second-order valence-corrected chi connectivity index (χ2v) is 10.4. The molecule has 1 aromatic heterocycles. The van der Waals surface area contributed by atoms with Crippen molar-refractivity contribution >= 4 is 0 Å². The van der Waals surface area contributed by atoms with Crippen molar-refractivity contribution in [2.24, 2.45) is 5.41 Å². The van der Waals surface area contributed by atoms with Crippen molar-refractivity contribution in [1.82, 2.24) is 20.2 Å². The minimum Gasteiger partial charge on any atom is -0.472 e. The number of halogens is 4. The Morgan fingerprint density at radius 2 is 1.78 bits per heavy atom. The van der Waals surface area contributed by atoms with Gasteiger partial charge in [0.2, 0.25) is 0 Å². The average Bonchev–Trinajstić information content (AvgIpc) is 3.36. The van der Waals surface area contributed by atoms with E-state index in [-0.39, 0.29) is 19.3 Å². The van der Waals surface area contributed by atoms with Crippen molar-refractivity contribution in [2.45, 2.75) is 61.2 Å². The lowest BCUT2D eigenvalue weighted by Crippen LogP contribution is -2.76. The van der Waals surface area contributed by atoms with Crippen LogP contribution in [0.25, 0.3) is 0 Å². The molecule has 0 spiro atoms. The van der Waals surface area contributed by atoms with Gasteiger partial charge < -0.3 is 9.84 Å². The van der Waals surface area contributed by atoms with Gasteiger partial charge in [0.1, 0.15) is 29.8 Å². The minimum absolute atomic E-state index is 0.0933. The van der Waals surface area contributed by atoms with Crippen molar-refractivity contribution in [3.05, 3.63) is 71.6 Å². The first-order chi connectivity index (χ1) is 17.1. The molecule has 4 aliphatic carbocycles. The van der Waals surface area contributed by atoms with E-state index in [1.54, 1.807) is 12.1 Å². The minimum atomic E-state index is -3.78. The molecule has 7 nitrogen and oxygen atoms in total. The number of aromatic nitrogens is 4. The maximum Gasteiger partial charge on any atom is 0.287 e. The molecule has 11 heteroatoms. The lowest BCUT2D eigenvalue weighted by atomic mass is 9.30. The van der Waals surface area contributed by atoms with Crippen LogP contribution in [0.1, 0.15) is 43.2 Å². The highest BCUT2D eigenvalue weighted by atomic mass is 19.3. The Kier molecular flexibility index (Phi) is 4.62. The Morgan fingerprint density at radius 3 is 2.33 bits per heavy atom. The van der Waals surface area contributed by atoms with E-state index < -0.39 is 51.7 Å². The van der Waals surface area contributed by atoms with Crippen LogP contribution in [0, 0.1) is 28.4 Å². The number of alkyl halides is 2. The van der Waals surface area contributed by atoms with Crippen LogP contribution in [0.15, 0.2) is 48.8 Å². The molecule has 2 bridgehead atoms. The van der Waals surface area contributed by atoms with E-state index in [2.05, 4.69) is 21.6 Å². The second kappa shape index (κ2) is 7.26. The molecule has 2 aromatic carbocycles. The summed E-state index contributed by atoms with van der Waals surface area (Å²) < 4.78 is 67.4. The Balaban J connectivity index is 1.27. The molecule has 0 amide bonds. The quantitative estimate of drug-likeness (QED) is 0.470. The predicted octanol–water partition coefficient (Wildman–Crippen LogP) is 4.03. The third kappa shape index (κ3) is 3.10. The molecule has 0 aliphatic heterocycles. The third-order valence-electron chi connectivity index (χ3n) is 8.06. The number of hydrogen-bond donors (Lipinski definition) is 1. The van der Waals surface area contributed by atoms with Crippen LogP contribution in [-0.4, -0.2) is 36.8 Å². The maximum absolute atomic E-state index is 16.2. The highest BCUT2D eigenvalue weighted by molar-refractivity contribution is 5.45. The van der Waals surface area contributed by atoms with Gasteiger partial charge in [0, 0.05) is 29.9 Å². The van der Waals surface area contributed by atoms with E-state index >= 15 is 8.78 Å². The van der Waals surface area contributed by atoms with E-state index in [4.69, 9.17) is 4.74 Å². The van der Waals surface area contributed by atoms with Crippen molar-refractivity contribution < 1.29 is 27.4 Å². The molecule has 0 radical (unpaired) electrons. The summed E-state index contributed by atoms with van der Waals surface area (Å²) in [6, 6.07) is 11.4. The number of nitrogens with zero attached hydrogens (tertiary/aromatic N) is 5. The number of rotatable bonds is 8. The number of tetrazole rings is 1. The summed E-state index contributed by atoms with van der Waals surface area (Å²) in [5, 5.41) is 31.0. The summed E-state index contributed by atoms with van der Waals surface area (Å²) >= 11 is 0. The van der Waals surface area contributed by atoms with Gasteiger partial charge in [-0.1, -0.05) is 12.1 Å². The van der Waals surface area contributed by atoms with Gasteiger partial charge >= 0.3 is 0 Å². The largest absolute Gasteiger partial charge is 0.472 e. The van der Waals surface area contributed by atoms with Crippen molar-refractivity contribution in [1.29, 1.82) is 5.26 Å². The van der Waals surface area contributed by atoms with E-state index in [9.17, 15) is 19.1 Å². The van der Waals surface area contributed by atoms with E-state index in [0.29, 0.717) is 24.7 Å². The monoisotopic (exact) mass is 499 g/mol. The second-order valence-electron chi connectivity index (χ2n) is 10.4. The fourth-order valence-electron chi connectivity index (χ4n) is 5.98. The highest BCUT2D eigenvalue weighted by Gasteiger charge is 2.82. The van der Waals surface area contributed by atoms with Gasteiger partial charge in [-0.05, 0) is 64.9 Å². The average molecular weight is 499 g/mol. The van der Waals surface area contributed by atoms with Crippen LogP contribution in [0.5, 0.6) is 5.75 Å². The zero-order valence-electron chi connectivity index (χ0n) is 19.0. The molecule has 4 fully saturated rings. The molecule has 4 saturated carbocycles. The Bertz CT molecular complexity index is 1350. The van der Waals surface area contributed by atoms with E-state index in [1.807, 2.05) is 12.1 Å². The van der Waals surface area contributed by atoms with Crippen LogP contribution in [0.3, 0.4) is 0 Å². The van der Waals surface area contributed by atoms with Crippen molar-refractivity contribution in [3.63, 3.8) is 0 Å². The standard InChI is InChI=1S/C25H21F4N5O2/c26-17-3-6-19(20(27)9-17)24(35,14-34-15-31-32-33-34)25(28,29)22-10-21(11-22,12-22)16-1-4-18(5-2-16)36-23(13-30)7-8-23/h1-6,9,15,35H,7-8,10-12,14H2/t21?,22?,24-/m0/s1. The van der Waals surface area contributed by atoms with Crippen LogP contribution in [0.4, 0.5) is 17.6 Å². The molecule has 0 saturated heterocycles. The van der Waals surface area contributed by atoms with Crippen molar-refractivity contribution in [2.75, 3.05) is 0 Å². The maximum atomic E-state index is 16.2. The summed E-state index contributed by atoms with van der Waals surface area (Å²) in [6.45, 7) is -0.809. The molecule has 1 N–H and O–H groups in total. The highest BCUT2D eigenvalue weighted by Crippen LogP contribution is 2.80. The first-order valence-electron chi connectivity index (χ1n) is 11.5. The van der Waals surface area contributed by atoms with Crippen LogP contribution in [-0.2, 0) is 17.6 Å². The number of benzene rings is 2. The predicted molar refractivity (Wildman–Crippen MR) is 116 cm³/mol. The molecule has 0 unspecified atom stereocenters. The molecule has 186 valence electrons. The van der Waals surface area contributed by atoms with E-state index in [0.717, 1.165) is 28.7 Å². The summed E-state index contributed by atoms with van der Waals surface area (Å²) in [6.07, 6.45) is 2.68. The SMILES string of the molecule is N#CC1(Oc2ccc(C34CC(C(F)(F)[C@](O)(Cn5cnnn5)c5ccc(F)cc5F)(C3)C4)cc2)CC1. The zero-order valence-corrected chi connectivity index (χ0v) is 19.0. The summed E-state index contributed by atoms with van der Waals surface area (Å²) in [5.74, 6) is -5.44. The summed E-state index contributed by atoms with van der Waals surface area (Å²) in [4.78, 5) is 0. The molecule has 4 aliphatic rings. The van der Waals surface area contributed by atoms with Gasteiger partial charge in [-0.2, -0.15) is 5.26 Å². The first kappa shape index (κ1) is 22.9. The van der Waals surface area contributed by atoms with Gasteiger partial charge in [0.15, 0.2) is 11.2 Å². The Labute approximate surface area is 203 Å². The fourth-order valence-corrected chi connectivity index (χ4v) is 5.98. The van der Waals surface area contributed by atoms with Crippen LogP contribution < -0.4 is 4.74 Å². The number of aliphatic hydroxyl groups is 1. The number of ether oxygens (including phenoxy) is 1. The summed E-state index contributed by atoms with van der Waals surface area (Å²) in [5.41, 5.74) is -5.66. The molecule has 1 heterocycles. The molecule has 7 rings (SSSR count). The van der Waals surface area contributed by atoms with Gasteiger partial charge in [-0.3, -0.25) is 0 Å². The first-order valence-corrected chi connectivity index (χ1v) is 11.5. The van der Waals surface area contributed by atoms with Gasteiger partial charge in [-0.25, -0.2) is 22.2 Å². The molecular weight excluding hydrogens is 478 g/mol. The number of nitriles is 1. The van der Waals surface area contributed by atoms with Crippen LogP contribution >= 0.6 is 0 Å². The Morgan fingerprint density at radius 1 is 1.08 bits per heavy atom. The fraction of sp³-hybridized carbons (Fsp3) is 0.440. The van der Waals surface area contributed by atoms with Gasteiger partial charge in [-0.15, -0.1) is 5.10 Å². The summed E-state index contributed by atoms with van der Waals surface area (Å²) in [7, 11) is 0. The Hall–Kier alpha value is -3.52.